The van der Waals surface area contributed by atoms with E-state index in [-0.39, 0.29) is 5.54 Å². The van der Waals surface area contributed by atoms with Gasteiger partial charge in [-0.1, -0.05) is 6.07 Å². The van der Waals surface area contributed by atoms with Gasteiger partial charge in [0.15, 0.2) is 5.65 Å². The van der Waals surface area contributed by atoms with Crippen LogP contribution < -0.4 is 5.32 Å². The Balaban J connectivity index is 1.96. The number of nitrogens with one attached hydrogen (secondary N) is 1. The molecule has 1 saturated carbocycles. The third-order valence-electron chi connectivity index (χ3n) is 3.42. The van der Waals surface area contributed by atoms with Crippen molar-refractivity contribution in [1.82, 2.24) is 14.6 Å². The molecule has 0 saturated heterocycles. The number of hydrogen-bond acceptors (Lipinski definition) is 3. The van der Waals surface area contributed by atoms with Crippen LogP contribution in [0.25, 0.3) is 5.65 Å². The number of aryl methyl sites for hydroxylation is 1. The van der Waals surface area contributed by atoms with Gasteiger partial charge in [-0.15, -0.1) is 5.10 Å². The highest BCUT2D eigenvalue weighted by Gasteiger charge is 2.32. The molecular weight excluding hydrogens is 200 g/mol. The van der Waals surface area contributed by atoms with Crippen LogP contribution >= 0.6 is 0 Å². The van der Waals surface area contributed by atoms with Gasteiger partial charge >= 0.3 is 0 Å². The molecule has 3 rings (SSSR count). The van der Waals surface area contributed by atoms with Crippen LogP contribution in [0.4, 0.5) is 5.95 Å². The van der Waals surface area contributed by atoms with Crippen LogP contribution in [0, 0.1) is 6.92 Å². The molecule has 0 aromatic carbocycles. The molecule has 2 aromatic heterocycles. The highest BCUT2D eigenvalue weighted by molar-refractivity contribution is 5.45. The Morgan fingerprint density at radius 3 is 2.81 bits per heavy atom. The van der Waals surface area contributed by atoms with Crippen molar-refractivity contribution in [2.75, 3.05) is 5.32 Å². The molecule has 4 heteroatoms. The average Bonchev–Trinajstić information content (AvgIpc) is 2.59. The lowest BCUT2D eigenvalue weighted by molar-refractivity contribution is 0.305. The van der Waals surface area contributed by atoms with Crippen molar-refractivity contribution in [3.63, 3.8) is 0 Å². The van der Waals surface area contributed by atoms with Gasteiger partial charge in [0.1, 0.15) is 0 Å². The van der Waals surface area contributed by atoms with E-state index in [2.05, 4.69) is 22.3 Å². The van der Waals surface area contributed by atoms with Gasteiger partial charge in [0, 0.05) is 11.2 Å². The zero-order valence-corrected chi connectivity index (χ0v) is 9.70. The molecule has 0 radical (unpaired) electrons. The number of aromatic nitrogens is 3. The molecule has 16 heavy (non-hydrogen) atoms. The number of pyridine rings is 1. The normalized spacial score (nSPS) is 18.4. The summed E-state index contributed by atoms with van der Waals surface area (Å²) in [5.74, 6) is 0.747. The highest BCUT2D eigenvalue weighted by Crippen LogP contribution is 2.33. The SMILES string of the molecule is Cc1cccc2nc(NC3(C)CCC3)nn12. The van der Waals surface area contributed by atoms with Crippen molar-refractivity contribution >= 4 is 11.6 Å². The van der Waals surface area contributed by atoms with Crippen LogP contribution in [0.15, 0.2) is 18.2 Å². The fourth-order valence-electron chi connectivity index (χ4n) is 2.19. The van der Waals surface area contributed by atoms with Crippen LogP contribution in [-0.2, 0) is 0 Å². The topological polar surface area (TPSA) is 42.2 Å². The lowest BCUT2D eigenvalue weighted by Gasteiger charge is -2.38. The summed E-state index contributed by atoms with van der Waals surface area (Å²) in [4.78, 5) is 4.48. The van der Waals surface area contributed by atoms with Crippen molar-refractivity contribution in [3.05, 3.63) is 23.9 Å². The van der Waals surface area contributed by atoms with E-state index >= 15 is 0 Å². The van der Waals surface area contributed by atoms with E-state index in [1.807, 2.05) is 29.6 Å². The standard InChI is InChI=1S/C12H16N4/c1-9-5-3-6-10-13-11(15-16(9)10)14-12(2)7-4-8-12/h3,5-6H,4,7-8H2,1-2H3,(H,14,15). The maximum atomic E-state index is 4.48. The molecule has 1 N–H and O–H groups in total. The van der Waals surface area contributed by atoms with E-state index in [9.17, 15) is 0 Å². The number of fused-ring (bicyclic) bond motifs is 1. The molecule has 0 atom stereocenters. The lowest BCUT2D eigenvalue weighted by atomic mass is 9.79. The maximum Gasteiger partial charge on any atom is 0.243 e. The summed E-state index contributed by atoms with van der Waals surface area (Å²) < 4.78 is 1.88. The van der Waals surface area contributed by atoms with Crippen molar-refractivity contribution in [2.24, 2.45) is 0 Å². The Morgan fingerprint density at radius 1 is 1.38 bits per heavy atom. The minimum absolute atomic E-state index is 0.207. The van der Waals surface area contributed by atoms with Crippen LogP contribution in [-0.4, -0.2) is 20.1 Å². The van der Waals surface area contributed by atoms with E-state index in [0.29, 0.717) is 0 Å². The van der Waals surface area contributed by atoms with E-state index in [4.69, 9.17) is 0 Å². The molecular formula is C12H16N4. The fraction of sp³-hybridized carbons (Fsp3) is 0.500. The predicted octanol–water partition coefficient (Wildman–Crippen LogP) is 2.39. The molecule has 0 bridgehead atoms. The third-order valence-corrected chi connectivity index (χ3v) is 3.42. The molecule has 2 aromatic rings. The molecule has 1 aliphatic rings. The Kier molecular flexibility index (Phi) is 1.93. The molecule has 0 amide bonds. The number of anilines is 1. The van der Waals surface area contributed by atoms with Gasteiger partial charge in [-0.3, -0.25) is 0 Å². The summed E-state index contributed by atoms with van der Waals surface area (Å²) >= 11 is 0. The first-order valence-corrected chi connectivity index (χ1v) is 5.77. The first kappa shape index (κ1) is 9.63. The molecule has 84 valence electrons. The van der Waals surface area contributed by atoms with Crippen LogP contribution in [0.2, 0.25) is 0 Å². The molecule has 1 fully saturated rings. The minimum atomic E-state index is 0.207. The van der Waals surface area contributed by atoms with Gasteiger partial charge in [0.2, 0.25) is 5.95 Å². The van der Waals surface area contributed by atoms with Crippen LogP contribution in [0.1, 0.15) is 31.9 Å². The first-order chi connectivity index (χ1) is 7.66. The van der Waals surface area contributed by atoms with E-state index in [1.54, 1.807) is 0 Å². The zero-order chi connectivity index (χ0) is 11.2. The quantitative estimate of drug-likeness (QED) is 0.838. The zero-order valence-electron chi connectivity index (χ0n) is 9.70. The maximum absolute atomic E-state index is 4.48. The lowest BCUT2D eigenvalue weighted by Crippen LogP contribution is -2.42. The molecule has 0 spiro atoms. The van der Waals surface area contributed by atoms with Gasteiger partial charge in [0.05, 0.1) is 0 Å². The number of nitrogens with zero attached hydrogens (tertiary/aromatic N) is 3. The van der Waals surface area contributed by atoms with E-state index in [0.717, 1.165) is 17.3 Å². The van der Waals surface area contributed by atoms with E-state index < -0.39 is 0 Å². The summed E-state index contributed by atoms with van der Waals surface area (Å²) in [5.41, 5.74) is 2.22. The third kappa shape index (κ3) is 1.45. The minimum Gasteiger partial charge on any atom is -0.348 e. The smallest absolute Gasteiger partial charge is 0.243 e. The number of rotatable bonds is 2. The predicted molar refractivity (Wildman–Crippen MR) is 63.6 cm³/mol. The molecule has 2 heterocycles. The summed E-state index contributed by atoms with van der Waals surface area (Å²) in [6, 6.07) is 6.03. The van der Waals surface area contributed by atoms with Gasteiger partial charge < -0.3 is 5.32 Å². The van der Waals surface area contributed by atoms with Crippen LogP contribution in [0.5, 0.6) is 0 Å². The second-order valence-corrected chi connectivity index (χ2v) is 4.91. The van der Waals surface area contributed by atoms with Crippen molar-refractivity contribution in [1.29, 1.82) is 0 Å². The molecule has 0 unspecified atom stereocenters. The van der Waals surface area contributed by atoms with Gasteiger partial charge in [-0.2, -0.15) is 4.98 Å². The first-order valence-electron chi connectivity index (χ1n) is 5.77. The largest absolute Gasteiger partial charge is 0.348 e. The highest BCUT2D eigenvalue weighted by atomic mass is 15.4. The summed E-state index contributed by atoms with van der Waals surface area (Å²) in [5, 5.41) is 7.90. The van der Waals surface area contributed by atoms with Crippen molar-refractivity contribution < 1.29 is 0 Å². The Hall–Kier alpha value is -1.58. The van der Waals surface area contributed by atoms with E-state index in [1.165, 1.54) is 19.3 Å². The second kappa shape index (κ2) is 3.20. The second-order valence-electron chi connectivity index (χ2n) is 4.91. The molecule has 0 aliphatic heterocycles. The molecule has 1 aliphatic carbocycles. The summed E-state index contributed by atoms with van der Waals surface area (Å²) in [7, 11) is 0. The van der Waals surface area contributed by atoms with Gasteiger partial charge in [0.25, 0.3) is 0 Å². The monoisotopic (exact) mass is 216 g/mol. The number of hydrogen-bond donors (Lipinski definition) is 1. The Morgan fingerprint density at radius 2 is 2.19 bits per heavy atom. The molecule has 4 nitrogen and oxygen atoms in total. The summed E-state index contributed by atoms with van der Waals surface area (Å²) in [6.07, 6.45) is 3.72. The average molecular weight is 216 g/mol. The van der Waals surface area contributed by atoms with Crippen molar-refractivity contribution in [2.45, 2.75) is 38.6 Å². The Labute approximate surface area is 94.7 Å². The van der Waals surface area contributed by atoms with Crippen LogP contribution in [0.3, 0.4) is 0 Å². The fourth-order valence-corrected chi connectivity index (χ4v) is 2.19. The summed E-state index contributed by atoms with van der Waals surface area (Å²) in [6.45, 7) is 4.27. The Bertz CT molecular complexity index is 525. The van der Waals surface area contributed by atoms with Crippen molar-refractivity contribution in [3.8, 4) is 0 Å². The van der Waals surface area contributed by atoms with Gasteiger partial charge in [-0.25, -0.2) is 4.52 Å². The van der Waals surface area contributed by atoms with Gasteiger partial charge in [-0.05, 0) is 45.2 Å².